The Morgan fingerprint density at radius 2 is 1.73 bits per heavy atom. The smallest absolute Gasteiger partial charge is 0.196 e. The van der Waals surface area contributed by atoms with Crippen LogP contribution in [0.15, 0.2) is 84.0 Å². The van der Waals surface area contributed by atoms with E-state index in [0.29, 0.717) is 10.7 Å². The third-order valence-electron chi connectivity index (χ3n) is 4.67. The van der Waals surface area contributed by atoms with Crippen LogP contribution in [0.25, 0.3) is 17.1 Å². The molecule has 0 N–H and O–H groups in total. The van der Waals surface area contributed by atoms with Gasteiger partial charge in [0.15, 0.2) is 16.8 Å². The van der Waals surface area contributed by atoms with Crippen molar-refractivity contribution in [3.8, 4) is 22.8 Å². The Bertz CT molecular complexity index is 1150. The number of hydrogen-bond acceptors (Lipinski definition) is 5. The number of nitrogens with zero attached hydrogens (tertiary/aromatic N) is 3. The number of thioether (sulfide) groups is 1. The van der Waals surface area contributed by atoms with Crippen molar-refractivity contribution in [2.75, 3.05) is 12.9 Å². The number of rotatable bonds is 7. The van der Waals surface area contributed by atoms with Crippen LogP contribution in [0.4, 0.5) is 0 Å². The maximum Gasteiger partial charge on any atom is 0.196 e. The van der Waals surface area contributed by atoms with Gasteiger partial charge in [0.1, 0.15) is 5.75 Å². The summed E-state index contributed by atoms with van der Waals surface area (Å²) < 4.78 is 7.27. The Hall–Kier alpha value is -3.38. The van der Waals surface area contributed by atoms with E-state index in [2.05, 4.69) is 16.3 Å². The van der Waals surface area contributed by atoms with Crippen LogP contribution in [-0.4, -0.2) is 33.4 Å². The summed E-state index contributed by atoms with van der Waals surface area (Å²) in [5.74, 6) is 1.85. The van der Waals surface area contributed by atoms with Gasteiger partial charge in [0.25, 0.3) is 0 Å². The molecule has 0 aliphatic rings. The van der Waals surface area contributed by atoms with Crippen molar-refractivity contribution < 1.29 is 9.53 Å². The molecule has 1 aromatic heterocycles. The lowest BCUT2D eigenvalue weighted by Gasteiger charge is -2.11. The lowest BCUT2D eigenvalue weighted by Crippen LogP contribution is -2.05. The second kappa shape index (κ2) is 8.97. The maximum atomic E-state index is 12.6. The zero-order valence-corrected chi connectivity index (χ0v) is 17.6. The molecule has 0 atom stereocenters. The van der Waals surface area contributed by atoms with Crippen molar-refractivity contribution in [2.45, 2.75) is 12.1 Å². The summed E-state index contributed by atoms with van der Waals surface area (Å²) in [5, 5.41) is 9.51. The molecule has 0 amide bonds. The van der Waals surface area contributed by atoms with E-state index in [1.807, 2.05) is 84.3 Å². The standard InChI is InChI=1S/C24H21N3O2S/c1-17-7-6-10-19(15-17)23-25-26-24(27(23)20-11-13-21(29-2)14-12-20)30-16-22(28)18-8-4-3-5-9-18/h3-15H,16H2,1-2H3. The second-order valence-corrected chi connectivity index (χ2v) is 7.73. The van der Waals surface area contributed by atoms with Gasteiger partial charge in [0, 0.05) is 16.8 Å². The molecule has 1 heterocycles. The summed E-state index contributed by atoms with van der Waals surface area (Å²) in [6.45, 7) is 2.05. The molecule has 0 spiro atoms. The quantitative estimate of drug-likeness (QED) is 0.306. The Morgan fingerprint density at radius 1 is 0.967 bits per heavy atom. The molecule has 0 bridgehead atoms. The number of methoxy groups -OCH3 is 1. The van der Waals surface area contributed by atoms with E-state index in [4.69, 9.17) is 4.74 Å². The van der Waals surface area contributed by atoms with Crippen LogP contribution in [0.1, 0.15) is 15.9 Å². The first-order valence-corrected chi connectivity index (χ1v) is 10.5. The van der Waals surface area contributed by atoms with Gasteiger partial charge in [-0.05, 0) is 37.3 Å². The summed E-state index contributed by atoms with van der Waals surface area (Å²) in [5.41, 5.74) is 3.72. The molecule has 150 valence electrons. The summed E-state index contributed by atoms with van der Waals surface area (Å²) in [6, 6.07) is 25.2. The van der Waals surface area contributed by atoms with Gasteiger partial charge in [-0.1, -0.05) is 65.9 Å². The molecule has 6 heteroatoms. The first-order chi connectivity index (χ1) is 14.7. The molecule has 30 heavy (non-hydrogen) atoms. The zero-order chi connectivity index (χ0) is 20.9. The molecular formula is C24H21N3O2S. The minimum atomic E-state index is 0.0574. The predicted octanol–water partition coefficient (Wildman–Crippen LogP) is 5.23. The molecule has 0 saturated heterocycles. The third-order valence-corrected chi connectivity index (χ3v) is 5.60. The minimum Gasteiger partial charge on any atom is -0.497 e. The number of ether oxygens (including phenoxy) is 1. The van der Waals surface area contributed by atoms with Crippen LogP contribution < -0.4 is 4.74 Å². The molecule has 0 aliphatic carbocycles. The van der Waals surface area contributed by atoms with Crippen LogP contribution in [0.5, 0.6) is 5.75 Å². The van der Waals surface area contributed by atoms with Gasteiger partial charge in [0.2, 0.25) is 0 Å². The van der Waals surface area contributed by atoms with E-state index in [-0.39, 0.29) is 11.5 Å². The first kappa shape index (κ1) is 19.9. The summed E-state index contributed by atoms with van der Waals surface area (Å²) in [7, 11) is 1.64. The predicted molar refractivity (Wildman–Crippen MR) is 120 cm³/mol. The highest BCUT2D eigenvalue weighted by Gasteiger charge is 2.18. The first-order valence-electron chi connectivity index (χ1n) is 9.53. The summed E-state index contributed by atoms with van der Waals surface area (Å²) in [4.78, 5) is 12.6. The van der Waals surface area contributed by atoms with Gasteiger partial charge in [-0.25, -0.2) is 0 Å². The highest BCUT2D eigenvalue weighted by Crippen LogP contribution is 2.29. The maximum absolute atomic E-state index is 12.6. The summed E-state index contributed by atoms with van der Waals surface area (Å²) in [6.07, 6.45) is 0. The molecule has 0 fully saturated rings. The van der Waals surface area contributed by atoms with Crippen LogP contribution in [0.3, 0.4) is 0 Å². The number of hydrogen-bond donors (Lipinski definition) is 0. The number of carbonyl (C=O) groups is 1. The highest BCUT2D eigenvalue weighted by atomic mass is 32.2. The van der Waals surface area contributed by atoms with Gasteiger partial charge >= 0.3 is 0 Å². The average molecular weight is 416 g/mol. The van der Waals surface area contributed by atoms with Gasteiger partial charge in [-0.2, -0.15) is 0 Å². The van der Waals surface area contributed by atoms with Crippen LogP contribution in [0, 0.1) is 6.92 Å². The van der Waals surface area contributed by atoms with E-state index < -0.39 is 0 Å². The number of aryl methyl sites for hydroxylation is 1. The van der Waals surface area contributed by atoms with Gasteiger partial charge in [0.05, 0.1) is 12.9 Å². The Balaban J connectivity index is 1.70. The van der Waals surface area contributed by atoms with E-state index >= 15 is 0 Å². The number of aromatic nitrogens is 3. The number of ketones is 1. The molecular weight excluding hydrogens is 394 g/mol. The fourth-order valence-electron chi connectivity index (χ4n) is 3.14. The van der Waals surface area contributed by atoms with Crippen molar-refractivity contribution in [1.82, 2.24) is 14.8 Å². The lowest BCUT2D eigenvalue weighted by molar-refractivity contribution is 0.102. The topological polar surface area (TPSA) is 57.0 Å². The summed E-state index contributed by atoms with van der Waals surface area (Å²) >= 11 is 1.38. The van der Waals surface area contributed by atoms with E-state index in [0.717, 1.165) is 28.4 Å². The molecule has 0 saturated carbocycles. The molecule has 5 nitrogen and oxygen atoms in total. The minimum absolute atomic E-state index is 0.0574. The Kier molecular flexibility index (Phi) is 5.95. The van der Waals surface area contributed by atoms with Crippen molar-refractivity contribution in [1.29, 1.82) is 0 Å². The Labute approximate surface area is 179 Å². The highest BCUT2D eigenvalue weighted by molar-refractivity contribution is 7.99. The molecule has 0 aliphatic heterocycles. The Morgan fingerprint density at radius 3 is 2.43 bits per heavy atom. The van der Waals surface area contributed by atoms with Crippen LogP contribution in [0.2, 0.25) is 0 Å². The molecule has 4 aromatic rings. The van der Waals surface area contributed by atoms with Crippen molar-refractivity contribution in [2.24, 2.45) is 0 Å². The van der Waals surface area contributed by atoms with Crippen molar-refractivity contribution in [3.63, 3.8) is 0 Å². The van der Waals surface area contributed by atoms with Crippen molar-refractivity contribution in [3.05, 3.63) is 90.0 Å². The van der Waals surface area contributed by atoms with Gasteiger partial charge in [-0.3, -0.25) is 9.36 Å². The van der Waals surface area contributed by atoms with E-state index in [9.17, 15) is 4.79 Å². The third kappa shape index (κ3) is 4.28. The number of Topliss-reactive ketones (excluding diaryl/α,β-unsaturated/α-hetero) is 1. The number of benzene rings is 3. The monoisotopic (exact) mass is 415 g/mol. The van der Waals surface area contributed by atoms with Gasteiger partial charge in [-0.15, -0.1) is 10.2 Å². The van der Waals surface area contributed by atoms with E-state index in [1.165, 1.54) is 11.8 Å². The second-order valence-electron chi connectivity index (χ2n) is 6.79. The zero-order valence-electron chi connectivity index (χ0n) is 16.8. The molecule has 3 aromatic carbocycles. The largest absolute Gasteiger partial charge is 0.497 e. The number of carbonyl (C=O) groups excluding carboxylic acids is 1. The van der Waals surface area contributed by atoms with Crippen LogP contribution >= 0.6 is 11.8 Å². The molecule has 4 rings (SSSR count). The van der Waals surface area contributed by atoms with Crippen molar-refractivity contribution >= 4 is 17.5 Å². The molecule has 0 radical (unpaired) electrons. The average Bonchev–Trinajstić information content (AvgIpc) is 3.22. The lowest BCUT2D eigenvalue weighted by atomic mass is 10.1. The van der Waals surface area contributed by atoms with Crippen LogP contribution in [-0.2, 0) is 0 Å². The molecule has 0 unspecified atom stereocenters. The fraction of sp³-hybridized carbons (Fsp3) is 0.125. The fourth-order valence-corrected chi connectivity index (χ4v) is 3.98. The normalized spacial score (nSPS) is 10.7. The van der Waals surface area contributed by atoms with Gasteiger partial charge < -0.3 is 4.74 Å². The van der Waals surface area contributed by atoms with E-state index in [1.54, 1.807) is 7.11 Å². The SMILES string of the molecule is COc1ccc(-n2c(SCC(=O)c3ccccc3)nnc2-c2cccc(C)c2)cc1.